The van der Waals surface area contributed by atoms with E-state index in [0.717, 1.165) is 22.6 Å². The number of rotatable bonds is 8. The maximum absolute atomic E-state index is 12.5. The van der Waals surface area contributed by atoms with Crippen molar-refractivity contribution in [2.24, 2.45) is 0 Å². The number of benzene rings is 3. The molecule has 29 heavy (non-hydrogen) atoms. The van der Waals surface area contributed by atoms with Gasteiger partial charge in [0.1, 0.15) is 18.1 Å². The lowest BCUT2D eigenvalue weighted by molar-refractivity contribution is 0.104. The van der Waals surface area contributed by atoms with Crippen molar-refractivity contribution in [2.45, 2.75) is 26.4 Å². The lowest BCUT2D eigenvalue weighted by Crippen LogP contribution is -1.99. The van der Waals surface area contributed by atoms with E-state index in [4.69, 9.17) is 9.47 Å². The molecule has 0 amide bonds. The lowest BCUT2D eigenvalue weighted by atomic mass is 10.00. The third kappa shape index (κ3) is 5.58. The van der Waals surface area contributed by atoms with Crippen LogP contribution in [0.4, 0.5) is 0 Å². The van der Waals surface area contributed by atoms with Gasteiger partial charge < -0.3 is 9.47 Å². The molecular weight excluding hydrogens is 360 g/mol. The summed E-state index contributed by atoms with van der Waals surface area (Å²) in [6.07, 6.45) is 3.43. The summed E-state index contributed by atoms with van der Waals surface area (Å²) in [5.41, 5.74) is 3.76. The predicted molar refractivity (Wildman–Crippen MR) is 118 cm³/mol. The molecule has 0 bridgehead atoms. The van der Waals surface area contributed by atoms with Gasteiger partial charge in [-0.1, -0.05) is 68.5 Å². The fourth-order valence-corrected chi connectivity index (χ4v) is 2.99. The minimum absolute atomic E-state index is 0.0155. The first kappa shape index (κ1) is 20.4. The van der Waals surface area contributed by atoms with Crippen LogP contribution >= 0.6 is 0 Å². The summed E-state index contributed by atoms with van der Waals surface area (Å²) < 4.78 is 11.3. The van der Waals surface area contributed by atoms with E-state index < -0.39 is 0 Å². The number of hydrogen-bond donors (Lipinski definition) is 0. The van der Waals surface area contributed by atoms with Gasteiger partial charge in [0.15, 0.2) is 5.78 Å². The third-order valence-electron chi connectivity index (χ3n) is 4.73. The zero-order valence-corrected chi connectivity index (χ0v) is 17.1. The van der Waals surface area contributed by atoms with Crippen LogP contribution in [0, 0.1) is 0 Å². The van der Waals surface area contributed by atoms with Gasteiger partial charge in [-0.3, -0.25) is 4.79 Å². The molecule has 0 aliphatic heterocycles. The number of methoxy groups -OCH3 is 1. The first-order valence-electron chi connectivity index (χ1n) is 9.74. The Morgan fingerprint density at radius 1 is 0.966 bits per heavy atom. The SMILES string of the molecule is COc1ccc(/C=C/C(=O)c2ccc(C(C)C)cc2)cc1COc1ccccc1. The minimum atomic E-state index is -0.0155. The van der Waals surface area contributed by atoms with Crippen molar-refractivity contribution in [1.82, 2.24) is 0 Å². The second kappa shape index (κ2) is 9.74. The number of ketones is 1. The molecule has 0 aromatic heterocycles. The van der Waals surface area contributed by atoms with Gasteiger partial charge in [-0.2, -0.15) is 0 Å². The smallest absolute Gasteiger partial charge is 0.185 e. The van der Waals surface area contributed by atoms with Crippen molar-refractivity contribution >= 4 is 11.9 Å². The Hall–Kier alpha value is -3.33. The van der Waals surface area contributed by atoms with Crippen molar-refractivity contribution in [1.29, 1.82) is 0 Å². The van der Waals surface area contributed by atoms with E-state index in [2.05, 4.69) is 13.8 Å². The van der Waals surface area contributed by atoms with E-state index in [1.807, 2.05) is 78.9 Å². The van der Waals surface area contributed by atoms with Crippen molar-refractivity contribution in [3.63, 3.8) is 0 Å². The monoisotopic (exact) mass is 386 g/mol. The number of ether oxygens (including phenoxy) is 2. The van der Waals surface area contributed by atoms with E-state index in [0.29, 0.717) is 18.1 Å². The van der Waals surface area contributed by atoms with Crippen molar-refractivity contribution in [3.8, 4) is 11.5 Å². The topological polar surface area (TPSA) is 35.5 Å². The summed E-state index contributed by atoms with van der Waals surface area (Å²) in [7, 11) is 1.64. The van der Waals surface area contributed by atoms with Gasteiger partial charge in [0, 0.05) is 11.1 Å². The van der Waals surface area contributed by atoms with E-state index in [-0.39, 0.29) is 5.78 Å². The highest BCUT2D eigenvalue weighted by Gasteiger charge is 2.07. The highest BCUT2D eigenvalue weighted by atomic mass is 16.5. The zero-order valence-electron chi connectivity index (χ0n) is 17.1. The molecule has 148 valence electrons. The van der Waals surface area contributed by atoms with Crippen LogP contribution in [0.3, 0.4) is 0 Å². The quantitative estimate of drug-likeness (QED) is 0.337. The number of carbonyl (C=O) groups is 1. The maximum atomic E-state index is 12.5. The summed E-state index contributed by atoms with van der Waals surface area (Å²) >= 11 is 0. The molecule has 0 heterocycles. The van der Waals surface area contributed by atoms with Crippen LogP contribution in [0.1, 0.15) is 46.8 Å². The summed E-state index contributed by atoms with van der Waals surface area (Å²) in [5.74, 6) is 1.99. The first-order chi connectivity index (χ1) is 14.1. The maximum Gasteiger partial charge on any atom is 0.185 e. The molecule has 0 N–H and O–H groups in total. The average Bonchev–Trinajstić information content (AvgIpc) is 2.76. The highest BCUT2D eigenvalue weighted by molar-refractivity contribution is 6.06. The van der Waals surface area contributed by atoms with E-state index in [1.165, 1.54) is 5.56 Å². The average molecular weight is 386 g/mol. The fraction of sp³-hybridized carbons (Fsp3) is 0.192. The summed E-state index contributed by atoms with van der Waals surface area (Å²) in [4.78, 5) is 12.5. The molecule has 0 saturated heterocycles. The van der Waals surface area contributed by atoms with Gasteiger partial charge >= 0.3 is 0 Å². The normalized spacial score (nSPS) is 11.0. The van der Waals surface area contributed by atoms with Crippen LogP contribution in [0.15, 0.2) is 78.9 Å². The van der Waals surface area contributed by atoms with Crippen molar-refractivity contribution in [2.75, 3.05) is 7.11 Å². The third-order valence-corrected chi connectivity index (χ3v) is 4.73. The number of para-hydroxylation sites is 1. The number of carbonyl (C=O) groups excluding carboxylic acids is 1. The first-order valence-corrected chi connectivity index (χ1v) is 9.74. The molecule has 3 aromatic rings. The highest BCUT2D eigenvalue weighted by Crippen LogP contribution is 2.23. The molecule has 0 saturated carbocycles. The van der Waals surface area contributed by atoms with Gasteiger partial charge in [0.2, 0.25) is 0 Å². The van der Waals surface area contributed by atoms with Gasteiger partial charge in [0.25, 0.3) is 0 Å². The van der Waals surface area contributed by atoms with Crippen LogP contribution in [-0.2, 0) is 6.61 Å². The fourth-order valence-electron chi connectivity index (χ4n) is 2.99. The Morgan fingerprint density at radius 2 is 1.69 bits per heavy atom. The largest absolute Gasteiger partial charge is 0.496 e. The Labute approximate surface area is 172 Å². The predicted octanol–water partition coefficient (Wildman–Crippen LogP) is 6.29. The number of allylic oxidation sites excluding steroid dienone is 1. The summed E-state index contributed by atoms with van der Waals surface area (Å²) in [5, 5.41) is 0. The van der Waals surface area contributed by atoms with Crippen LogP contribution in [0.5, 0.6) is 11.5 Å². The Bertz CT molecular complexity index is 971. The Balaban J connectivity index is 1.72. The lowest BCUT2D eigenvalue weighted by Gasteiger charge is -2.11. The van der Waals surface area contributed by atoms with E-state index >= 15 is 0 Å². The Morgan fingerprint density at radius 3 is 2.34 bits per heavy atom. The molecule has 3 aromatic carbocycles. The van der Waals surface area contributed by atoms with E-state index in [9.17, 15) is 4.79 Å². The number of hydrogen-bond acceptors (Lipinski definition) is 3. The molecule has 0 atom stereocenters. The van der Waals surface area contributed by atoms with Crippen LogP contribution in [-0.4, -0.2) is 12.9 Å². The summed E-state index contributed by atoms with van der Waals surface area (Å²) in [6, 6.07) is 23.2. The standard InChI is InChI=1S/C26H26O3/c1-19(2)21-11-13-22(14-12-21)25(27)15-9-20-10-16-26(28-3)23(17-20)18-29-24-7-5-4-6-8-24/h4-17,19H,18H2,1-3H3/b15-9+. The van der Waals surface area contributed by atoms with Crippen LogP contribution < -0.4 is 9.47 Å². The molecule has 3 heteroatoms. The van der Waals surface area contributed by atoms with Crippen LogP contribution in [0.25, 0.3) is 6.08 Å². The van der Waals surface area contributed by atoms with Gasteiger partial charge in [0.05, 0.1) is 7.11 Å². The molecule has 0 unspecified atom stereocenters. The van der Waals surface area contributed by atoms with Gasteiger partial charge in [-0.15, -0.1) is 0 Å². The molecular formula is C26H26O3. The zero-order chi connectivity index (χ0) is 20.6. The van der Waals surface area contributed by atoms with Crippen LogP contribution in [0.2, 0.25) is 0 Å². The molecule has 0 spiro atoms. The summed E-state index contributed by atoms with van der Waals surface area (Å²) in [6.45, 7) is 4.67. The molecule has 0 fully saturated rings. The second-order valence-electron chi connectivity index (χ2n) is 7.15. The van der Waals surface area contributed by atoms with Gasteiger partial charge in [-0.25, -0.2) is 0 Å². The molecule has 0 radical (unpaired) electrons. The second-order valence-corrected chi connectivity index (χ2v) is 7.15. The molecule has 3 rings (SSSR count). The van der Waals surface area contributed by atoms with E-state index in [1.54, 1.807) is 13.2 Å². The molecule has 3 nitrogen and oxygen atoms in total. The van der Waals surface area contributed by atoms with Crippen molar-refractivity contribution in [3.05, 3.63) is 101 Å². The minimum Gasteiger partial charge on any atom is -0.496 e. The Kier molecular flexibility index (Phi) is 6.85. The van der Waals surface area contributed by atoms with Gasteiger partial charge in [-0.05, 0) is 47.4 Å². The molecule has 0 aliphatic rings. The van der Waals surface area contributed by atoms with Crippen molar-refractivity contribution < 1.29 is 14.3 Å². The molecule has 0 aliphatic carbocycles.